The molecular formula is C28H31N5O6. The van der Waals surface area contributed by atoms with Gasteiger partial charge in [0, 0.05) is 44.0 Å². The highest BCUT2D eigenvalue weighted by atomic mass is 16.6. The van der Waals surface area contributed by atoms with Crippen LogP contribution in [-0.4, -0.2) is 59.4 Å². The molecule has 11 nitrogen and oxygen atoms in total. The Morgan fingerprint density at radius 3 is 2.49 bits per heavy atom. The van der Waals surface area contributed by atoms with Crippen LogP contribution in [0.15, 0.2) is 53.1 Å². The quantitative estimate of drug-likeness (QED) is 0.328. The fourth-order valence-corrected chi connectivity index (χ4v) is 4.73. The number of rotatable bonds is 7. The third-order valence-electron chi connectivity index (χ3n) is 7.62. The minimum Gasteiger partial charge on any atom is -0.482 e. The van der Waals surface area contributed by atoms with Crippen LogP contribution in [0, 0.1) is 10.1 Å². The van der Waals surface area contributed by atoms with E-state index >= 15 is 0 Å². The number of hydrogen-bond donors (Lipinski definition) is 0. The van der Waals surface area contributed by atoms with Crippen molar-refractivity contribution in [3.8, 4) is 5.75 Å². The Kier molecular flexibility index (Phi) is 6.98. The van der Waals surface area contributed by atoms with E-state index in [1.165, 1.54) is 18.4 Å². The molecule has 2 aliphatic rings. The summed E-state index contributed by atoms with van der Waals surface area (Å²) in [4.78, 5) is 46.2. The van der Waals surface area contributed by atoms with E-state index in [4.69, 9.17) is 9.15 Å². The topological polar surface area (TPSA) is 122 Å². The van der Waals surface area contributed by atoms with Crippen LogP contribution in [0.3, 0.4) is 0 Å². The van der Waals surface area contributed by atoms with E-state index in [2.05, 4.69) is 30.7 Å². The van der Waals surface area contributed by atoms with Gasteiger partial charge in [-0.05, 0) is 41.7 Å². The highest BCUT2D eigenvalue weighted by molar-refractivity contribution is 5.98. The second-order valence-electron chi connectivity index (χ2n) is 10.4. The molecule has 5 rings (SSSR count). The number of amides is 2. The van der Waals surface area contributed by atoms with E-state index in [0.29, 0.717) is 37.6 Å². The lowest BCUT2D eigenvalue weighted by molar-refractivity contribution is -0.384. The second-order valence-corrected chi connectivity index (χ2v) is 10.4. The Hall–Kier alpha value is -4.41. The van der Waals surface area contributed by atoms with E-state index in [0.717, 1.165) is 17.7 Å². The van der Waals surface area contributed by atoms with Crippen molar-refractivity contribution >= 4 is 28.9 Å². The SMILES string of the molecule is CCC(C)(C)c1ccc2c(c1)N(Cc1nc(C(=O)N3CCN(c4ccc([N+](=O)[O-])cc4)CC3)co1)C(=O)CO2. The van der Waals surface area contributed by atoms with Gasteiger partial charge in [-0.2, -0.15) is 0 Å². The number of nitrogens with zero attached hydrogens (tertiary/aromatic N) is 5. The molecule has 0 bridgehead atoms. The van der Waals surface area contributed by atoms with Gasteiger partial charge >= 0.3 is 0 Å². The average molecular weight is 534 g/mol. The lowest BCUT2D eigenvalue weighted by Crippen LogP contribution is -2.48. The molecule has 3 heterocycles. The van der Waals surface area contributed by atoms with E-state index in [-0.39, 0.29) is 47.7 Å². The number of anilines is 2. The number of carbonyl (C=O) groups excluding carboxylic acids is 2. The largest absolute Gasteiger partial charge is 0.482 e. The van der Waals surface area contributed by atoms with Crippen LogP contribution in [0.1, 0.15) is 49.1 Å². The van der Waals surface area contributed by atoms with Gasteiger partial charge in [-0.1, -0.05) is 26.8 Å². The molecule has 1 fully saturated rings. The number of carbonyl (C=O) groups is 2. The molecule has 11 heteroatoms. The summed E-state index contributed by atoms with van der Waals surface area (Å²) < 4.78 is 11.3. The van der Waals surface area contributed by atoms with Gasteiger partial charge in [-0.25, -0.2) is 4.98 Å². The summed E-state index contributed by atoms with van der Waals surface area (Å²) in [6.45, 7) is 8.58. The summed E-state index contributed by atoms with van der Waals surface area (Å²) in [6, 6.07) is 12.3. The van der Waals surface area contributed by atoms with Crippen LogP contribution in [0.4, 0.5) is 17.1 Å². The Bertz CT molecular complexity index is 1390. The normalized spacial score (nSPS) is 15.7. The number of hydrogen-bond acceptors (Lipinski definition) is 8. The van der Waals surface area contributed by atoms with E-state index in [1.54, 1.807) is 21.9 Å². The number of non-ortho nitro benzene ring substituents is 1. The Morgan fingerprint density at radius 1 is 1.10 bits per heavy atom. The molecule has 0 unspecified atom stereocenters. The third kappa shape index (κ3) is 5.29. The average Bonchev–Trinajstić information content (AvgIpc) is 3.42. The van der Waals surface area contributed by atoms with Gasteiger partial charge in [-0.3, -0.25) is 24.6 Å². The number of nitro benzene ring substituents is 1. The fraction of sp³-hybridized carbons (Fsp3) is 0.393. The van der Waals surface area contributed by atoms with Gasteiger partial charge in [0.1, 0.15) is 18.6 Å². The lowest BCUT2D eigenvalue weighted by Gasteiger charge is -2.35. The number of aromatic nitrogens is 1. The Balaban J connectivity index is 1.25. The van der Waals surface area contributed by atoms with E-state index in [1.807, 2.05) is 18.2 Å². The maximum absolute atomic E-state index is 13.1. The predicted octanol–water partition coefficient (Wildman–Crippen LogP) is 4.16. The molecule has 204 valence electrons. The molecule has 39 heavy (non-hydrogen) atoms. The van der Waals surface area contributed by atoms with Crippen molar-refractivity contribution in [2.75, 3.05) is 42.6 Å². The highest BCUT2D eigenvalue weighted by Crippen LogP contribution is 2.38. The molecule has 3 aromatic rings. The van der Waals surface area contributed by atoms with Gasteiger partial charge in [-0.15, -0.1) is 0 Å². The number of ether oxygens (including phenoxy) is 1. The van der Waals surface area contributed by atoms with Crippen LogP contribution >= 0.6 is 0 Å². The van der Waals surface area contributed by atoms with Gasteiger partial charge in [0.2, 0.25) is 5.89 Å². The van der Waals surface area contributed by atoms with Crippen molar-refractivity contribution in [1.82, 2.24) is 9.88 Å². The zero-order chi connectivity index (χ0) is 27.7. The smallest absolute Gasteiger partial charge is 0.275 e. The van der Waals surface area contributed by atoms with Crippen molar-refractivity contribution in [2.24, 2.45) is 0 Å². The zero-order valence-corrected chi connectivity index (χ0v) is 22.3. The first kappa shape index (κ1) is 26.2. The van der Waals surface area contributed by atoms with Crippen LogP contribution < -0.4 is 14.5 Å². The molecule has 0 N–H and O–H groups in total. The van der Waals surface area contributed by atoms with E-state index < -0.39 is 4.92 Å². The van der Waals surface area contributed by atoms with Crippen molar-refractivity contribution in [1.29, 1.82) is 0 Å². The van der Waals surface area contributed by atoms with Crippen molar-refractivity contribution in [2.45, 2.75) is 39.2 Å². The first-order chi connectivity index (χ1) is 18.7. The van der Waals surface area contributed by atoms with E-state index in [9.17, 15) is 19.7 Å². The highest BCUT2D eigenvalue weighted by Gasteiger charge is 2.30. The molecule has 0 aliphatic carbocycles. The first-order valence-electron chi connectivity index (χ1n) is 13.0. The Morgan fingerprint density at radius 2 is 1.82 bits per heavy atom. The second kappa shape index (κ2) is 10.4. The van der Waals surface area contributed by atoms with Gasteiger partial charge in [0.25, 0.3) is 17.5 Å². The minimum atomic E-state index is -0.426. The zero-order valence-electron chi connectivity index (χ0n) is 22.3. The summed E-state index contributed by atoms with van der Waals surface area (Å²) in [6.07, 6.45) is 2.27. The lowest BCUT2D eigenvalue weighted by atomic mass is 9.82. The number of nitro groups is 1. The first-order valence-corrected chi connectivity index (χ1v) is 13.0. The number of fused-ring (bicyclic) bond motifs is 1. The van der Waals surface area contributed by atoms with Crippen LogP contribution in [0.5, 0.6) is 5.75 Å². The van der Waals surface area contributed by atoms with Crippen molar-refractivity contribution < 1.29 is 23.7 Å². The Labute approximate surface area is 226 Å². The standard InChI is InChI=1S/C28H31N5O6/c1-4-28(2,3)19-5-10-24-23(15-19)32(26(34)18-38-24)16-25-29-22(17-39-25)27(35)31-13-11-30(12-14-31)20-6-8-21(9-7-20)33(36)37/h5-10,15,17H,4,11-14,16,18H2,1-3H3. The summed E-state index contributed by atoms with van der Waals surface area (Å²) in [7, 11) is 0. The number of benzene rings is 2. The molecule has 0 atom stereocenters. The molecule has 0 spiro atoms. The molecule has 2 aliphatic heterocycles. The van der Waals surface area contributed by atoms with Gasteiger partial charge < -0.3 is 19.0 Å². The van der Waals surface area contributed by atoms with Crippen molar-refractivity contribution in [3.05, 3.63) is 76.0 Å². The molecule has 0 radical (unpaired) electrons. The van der Waals surface area contributed by atoms with Crippen LogP contribution in [0.25, 0.3) is 0 Å². The number of piperazine rings is 1. The number of oxazole rings is 1. The summed E-state index contributed by atoms with van der Waals surface area (Å²) in [5, 5.41) is 10.9. The monoisotopic (exact) mass is 533 g/mol. The fourth-order valence-electron chi connectivity index (χ4n) is 4.73. The van der Waals surface area contributed by atoms with Gasteiger partial charge in [0.05, 0.1) is 10.6 Å². The minimum absolute atomic E-state index is 0.0434. The van der Waals surface area contributed by atoms with Crippen LogP contribution in [-0.2, 0) is 16.8 Å². The summed E-state index contributed by atoms with van der Waals surface area (Å²) >= 11 is 0. The summed E-state index contributed by atoms with van der Waals surface area (Å²) in [5.41, 5.74) is 2.81. The van der Waals surface area contributed by atoms with Crippen molar-refractivity contribution in [3.63, 3.8) is 0 Å². The van der Waals surface area contributed by atoms with Crippen LogP contribution in [0.2, 0.25) is 0 Å². The molecule has 1 saturated heterocycles. The third-order valence-corrected chi connectivity index (χ3v) is 7.62. The molecular weight excluding hydrogens is 502 g/mol. The predicted molar refractivity (Wildman–Crippen MR) is 144 cm³/mol. The summed E-state index contributed by atoms with van der Waals surface area (Å²) in [5.74, 6) is 0.444. The molecule has 2 amide bonds. The molecule has 2 aromatic carbocycles. The maximum Gasteiger partial charge on any atom is 0.275 e. The van der Waals surface area contributed by atoms with Gasteiger partial charge in [0.15, 0.2) is 12.3 Å². The molecule has 1 aromatic heterocycles. The molecule has 0 saturated carbocycles. The maximum atomic E-state index is 13.1.